The number of thioether (sulfide) groups is 1. The number of ether oxygens (including phenoxy) is 2. The highest BCUT2D eigenvalue weighted by atomic mass is 33.1. The maximum atomic E-state index is 15.1. The molecule has 3 aliphatic rings. The van der Waals surface area contributed by atoms with E-state index < -0.39 is 177 Å². The average molecular weight is 1390 g/mol. The number of fused-ring (bicyclic) bond motifs is 5. The van der Waals surface area contributed by atoms with Crippen LogP contribution in [0.15, 0.2) is 28.2 Å². The highest BCUT2D eigenvalue weighted by molar-refractivity contribution is 8.76. The van der Waals surface area contributed by atoms with E-state index in [0.29, 0.717) is 54.4 Å². The van der Waals surface area contributed by atoms with Gasteiger partial charge in [-0.25, -0.2) is 4.79 Å². The predicted molar refractivity (Wildman–Crippen MR) is 352 cm³/mol. The summed E-state index contributed by atoms with van der Waals surface area (Å²) < 4.78 is 10.5. The molecule has 0 radical (unpaired) electrons. The van der Waals surface area contributed by atoms with E-state index in [1.54, 1.807) is 27.7 Å². The molecule has 2 bridgehead atoms. The number of nitrogens with one attached hydrogen (secondary N) is 8. The van der Waals surface area contributed by atoms with Crippen LogP contribution in [0.5, 0.6) is 5.75 Å². The molecule has 34 heteroatoms. The van der Waals surface area contributed by atoms with Crippen molar-refractivity contribution in [3.05, 3.63) is 23.8 Å². The minimum Gasteiger partial charge on any atom is -0.508 e. The molecule has 3 aliphatic heterocycles. The number of benzene rings is 1. The molecule has 9 amide bonds. The molecule has 1 aromatic heterocycles. The molecule has 0 saturated carbocycles. The summed E-state index contributed by atoms with van der Waals surface area (Å²) in [6.07, 6.45) is -5.55. The Morgan fingerprint density at radius 3 is 2.26 bits per heavy atom. The van der Waals surface area contributed by atoms with E-state index in [4.69, 9.17) is 26.7 Å². The lowest BCUT2D eigenvalue weighted by atomic mass is 9.83. The molecule has 1 aromatic carbocycles. The smallest absolute Gasteiger partial charge is 0.508 e. The number of hydrogen-bond donors (Lipinski definition) is 14. The monoisotopic (exact) mass is 1390 g/mol. The molecule has 1 fully saturated rings. The van der Waals surface area contributed by atoms with E-state index >= 15 is 4.79 Å². The van der Waals surface area contributed by atoms with Crippen LogP contribution < -0.4 is 54.4 Å². The second-order valence-corrected chi connectivity index (χ2v) is 27.7. The van der Waals surface area contributed by atoms with Crippen molar-refractivity contribution in [2.24, 2.45) is 51.8 Å². The van der Waals surface area contributed by atoms with E-state index in [1.165, 1.54) is 46.7 Å². The molecular weight excluding hydrogens is 1300 g/mol. The number of Topliss-reactive ketones (excluding diaryl/α,β-unsaturated/α-hetero) is 3. The number of aliphatic imine (C=N–C) groups is 1. The Morgan fingerprint density at radius 2 is 1.57 bits per heavy atom. The number of rotatable bonds is 26. The molecule has 17 N–H and O–H groups in total. The lowest BCUT2D eigenvalue weighted by molar-refractivity contribution is -0.143. The molecule has 13 atom stereocenters. The standard InChI is InChI=1S/C61H91N13O18S3/c1-7-30(3)52-45(77)13-14-50(82)69-43-29-93-58-39(37-12-11-35(75)21-40(37)72-58)23-41(56(87)67-26-51(83)73-52)70-55(86)38(24-47(79)44-22-36(76)27-74(44)59(89)42(25-49(62)81)71-57(43)88)32(5)48(80)28-92-61(90)91-17-19-95-94-18-16-65-53(84)31(4)20-46(78)33(6)68-54(85)34(8-2)10-9-15-66-60(63)64/h11-12,21,30-34,36,38,41-44,48,52,72,75-76,80H,7-10,13-20,22-29H2,1-6H3,(H2,62,81)(H,65,84)(H,67,87)(H,68,85)(H,69,82)(H,70,86)(H,71,88)(H,73,83)(H4,63,64,66)/t30?,31-,32-,33+,34+,36-,38+,41+,42+,43-,44+,48+,52+/m1/s1. The quantitative estimate of drug-likeness (QED) is 0.0181. The molecule has 0 aliphatic carbocycles. The summed E-state index contributed by atoms with van der Waals surface area (Å²) in [4.78, 5) is 187. The number of phenols is 1. The van der Waals surface area contributed by atoms with Gasteiger partial charge in [-0.15, -0.1) is 11.8 Å². The minimum atomic E-state index is -1.78. The van der Waals surface area contributed by atoms with E-state index in [1.807, 2.05) is 6.92 Å². The summed E-state index contributed by atoms with van der Waals surface area (Å²) in [6.45, 7) is 8.34. The van der Waals surface area contributed by atoms with Crippen molar-refractivity contribution in [1.82, 2.24) is 47.1 Å². The SMILES string of the molecule is CCC(C)[C@@H]1NC(=O)CNC(=O)[C@@H]2Cc3c([nH]c4cc(O)ccc34)SC[C@@H](NC(=O)CCC1=O)C(=O)N[C@@H](CC(N)=O)C(=O)N1C[C@H](O)C[C@H]1C(=O)C[C@@H]([C@@H](C)[C@@H](O)COC(=O)OCCSSCCNC(=O)[C@H](C)CC(=O)[C@H](C)NC(=O)[C@@H](CC)CCCN=C(N)N)C(=O)N2. The summed E-state index contributed by atoms with van der Waals surface area (Å²) in [7, 11) is 2.65. The van der Waals surface area contributed by atoms with Crippen molar-refractivity contribution in [2.75, 3.05) is 56.7 Å². The van der Waals surface area contributed by atoms with Crippen molar-refractivity contribution in [3.63, 3.8) is 0 Å². The molecular formula is C61H91N13O18S3. The topological polar surface area (TPSA) is 495 Å². The van der Waals surface area contributed by atoms with Crippen LogP contribution in [0.25, 0.3) is 10.9 Å². The number of carbonyl (C=O) groups excluding carboxylic acids is 13. The van der Waals surface area contributed by atoms with Crippen molar-refractivity contribution in [1.29, 1.82) is 0 Å². The van der Waals surface area contributed by atoms with Crippen LogP contribution in [-0.2, 0) is 73.4 Å². The van der Waals surface area contributed by atoms with E-state index in [2.05, 4.69) is 47.2 Å². The number of amides is 9. The van der Waals surface area contributed by atoms with Crippen LogP contribution in [-0.4, -0.2) is 213 Å². The number of nitrogens with two attached hydrogens (primary N) is 3. The predicted octanol–water partition coefficient (Wildman–Crippen LogP) is -0.774. The van der Waals surface area contributed by atoms with Gasteiger partial charge in [-0.2, -0.15) is 0 Å². The van der Waals surface area contributed by atoms with Gasteiger partial charge in [-0.05, 0) is 55.7 Å². The number of aromatic nitrogens is 1. The number of aromatic hydroxyl groups is 1. The molecule has 2 aromatic rings. The number of carbonyl (C=O) groups is 13. The second kappa shape index (κ2) is 38.2. The summed E-state index contributed by atoms with van der Waals surface area (Å²) in [6, 6.07) is -4.15. The van der Waals surface area contributed by atoms with Gasteiger partial charge in [0, 0.05) is 98.7 Å². The van der Waals surface area contributed by atoms with Gasteiger partial charge in [0.05, 0.1) is 59.8 Å². The van der Waals surface area contributed by atoms with E-state index in [-0.39, 0.29) is 84.2 Å². The number of guanidine groups is 1. The third-order valence-electron chi connectivity index (χ3n) is 16.8. The number of aliphatic hydroxyl groups excluding tert-OH is 2. The maximum Gasteiger partial charge on any atom is 0.508 e. The summed E-state index contributed by atoms with van der Waals surface area (Å²) >= 11 is 0.944. The maximum absolute atomic E-state index is 15.1. The summed E-state index contributed by atoms with van der Waals surface area (Å²) in [5, 5.41) is 52.4. The molecule has 526 valence electrons. The highest BCUT2D eigenvalue weighted by Crippen LogP contribution is 2.34. The number of hydrogen-bond acceptors (Lipinski definition) is 22. The van der Waals surface area contributed by atoms with Gasteiger partial charge in [-0.1, -0.05) is 62.6 Å². The molecule has 5 rings (SSSR count). The fourth-order valence-corrected chi connectivity index (χ4v) is 13.8. The first-order chi connectivity index (χ1) is 45.0. The molecule has 1 saturated heterocycles. The van der Waals surface area contributed by atoms with Crippen LogP contribution in [0.2, 0.25) is 0 Å². The molecule has 0 spiro atoms. The first kappa shape index (κ1) is 78.0. The molecule has 31 nitrogen and oxygen atoms in total. The Balaban J connectivity index is 1.31. The van der Waals surface area contributed by atoms with Crippen LogP contribution >= 0.6 is 33.3 Å². The van der Waals surface area contributed by atoms with Gasteiger partial charge in [0.15, 0.2) is 23.3 Å². The number of primary amides is 1. The molecule has 4 heterocycles. The first-order valence-electron chi connectivity index (χ1n) is 31.7. The van der Waals surface area contributed by atoms with Gasteiger partial charge in [0.1, 0.15) is 37.1 Å². The van der Waals surface area contributed by atoms with Gasteiger partial charge in [0.25, 0.3) is 0 Å². The molecule has 95 heavy (non-hydrogen) atoms. The lowest BCUT2D eigenvalue weighted by Crippen LogP contribution is -2.57. The fourth-order valence-electron chi connectivity index (χ4n) is 11.0. The number of H-pyrrole nitrogens is 1. The zero-order valence-corrected chi connectivity index (χ0v) is 56.6. The Labute approximate surface area is 562 Å². The lowest BCUT2D eigenvalue weighted by Gasteiger charge is -2.32. The van der Waals surface area contributed by atoms with Gasteiger partial charge in [-0.3, -0.25) is 62.5 Å². The van der Waals surface area contributed by atoms with Gasteiger partial charge >= 0.3 is 6.16 Å². The van der Waals surface area contributed by atoms with Crippen LogP contribution in [0.1, 0.15) is 111 Å². The number of nitrogens with zero attached hydrogens (tertiary/aromatic N) is 2. The largest absolute Gasteiger partial charge is 0.508 e. The third-order valence-corrected chi connectivity index (χ3v) is 20.3. The first-order valence-corrected chi connectivity index (χ1v) is 35.1. The Bertz CT molecular complexity index is 3130. The zero-order chi connectivity index (χ0) is 70.2. The van der Waals surface area contributed by atoms with Gasteiger partial charge < -0.3 is 89.1 Å². The number of ketones is 3. The Morgan fingerprint density at radius 1 is 0.842 bits per heavy atom. The Kier molecular flexibility index (Phi) is 31.3. The third kappa shape index (κ3) is 24.2. The van der Waals surface area contributed by atoms with Crippen LogP contribution in [0.4, 0.5) is 4.79 Å². The number of phenolic OH excluding ortho intramolecular Hbond substituents is 1. The number of aromatic amines is 1. The Hall–Kier alpha value is -7.69. The number of aliphatic hydroxyl groups is 2. The summed E-state index contributed by atoms with van der Waals surface area (Å²) in [5.74, 6) is -13.2. The van der Waals surface area contributed by atoms with E-state index in [9.17, 15) is 72.9 Å². The zero-order valence-electron chi connectivity index (χ0n) is 54.2. The molecule has 1 unspecified atom stereocenters. The van der Waals surface area contributed by atoms with Crippen molar-refractivity contribution in [3.8, 4) is 5.75 Å². The summed E-state index contributed by atoms with van der Waals surface area (Å²) in [5.41, 5.74) is 17.0. The average Bonchev–Trinajstić information content (AvgIpc) is 1.88. The van der Waals surface area contributed by atoms with Crippen LogP contribution in [0, 0.1) is 29.6 Å². The minimum absolute atomic E-state index is 0.0351. The van der Waals surface area contributed by atoms with Crippen LogP contribution in [0.3, 0.4) is 0 Å². The highest BCUT2D eigenvalue weighted by Gasteiger charge is 2.45. The van der Waals surface area contributed by atoms with Gasteiger partial charge in [0.2, 0.25) is 53.2 Å². The second-order valence-electron chi connectivity index (χ2n) is 24.0. The van der Waals surface area contributed by atoms with E-state index in [0.717, 1.165) is 16.7 Å². The van der Waals surface area contributed by atoms with Crippen molar-refractivity contribution >= 4 is 127 Å². The normalized spacial score (nSPS) is 23.1. The fraction of sp³-hybridized carbons (Fsp3) is 0.639. The van der Waals surface area contributed by atoms with Crippen molar-refractivity contribution in [2.45, 2.75) is 166 Å². The van der Waals surface area contributed by atoms with Crippen molar-refractivity contribution < 1.29 is 87.1 Å².